The number of nitrogens with zero attached hydrogens (tertiary/aromatic N) is 2. The third-order valence-corrected chi connectivity index (χ3v) is 4.52. The summed E-state index contributed by atoms with van der Waals surface area (Å²) < 4.78 is 0. The molecule has 4 nitrogen and oxygen atoms in total. The van der Waals surface area contributed by atoms with E-state index in [0.717, 1.165) is 11.1 Å². The van der Waals surface area contributed by atoms with E-state index in [0.29, 0.717) is 37.5 Å². The number of hydrogen-bond donors (Lipinski definition) is 0. The SMILES string of the molecule is CC(=O)N(CCC(=O)N(C)Cc1ccccc1)CCc1cccc(Cl)c1. The predicted octanol–water partition coefficient (Wildman–Crippen LogP) is 3.78. The Morgan fingerprint density at radius 1 is 0.962 bits per heavy atom. The van der Waals surface area contributed by atoms with E-state index >= 15 is 0 Å². The first kappa shape index (κ1) is 20.0. The number of carbonyl (C=O) groups is 2. The van der Waals surface area contributed by atoms with Gasteiger partial charge in [-0.05, 0) is 29.7 Å². The third-order valence-electron chi connectivity index (χ3n) is 4.29. The van der Waals surface area contributed by atoms with Crippen LogP contribution in [0.2, 0.25) is 5.02 Å². The van der Waals surface area contributed by atoms with Crippen LogP contribution in [0.15, 0.2) is 54.6 Å². The van der Waals surface area contributed by atoms with Crippen LogP contribution in [-0.2, 0) is 22.6 Å². The van der Waals surface area contributed by atoms with Crippen LogP contribution in [0.1, 0.15) is 24.5 Å². The molecule has 0 saturated heterocycles. The Morgan fingerprint density at radius 2 is 1.65 bits per heavy atom. The van der Waals surface area contributed by atoms with Crippen molar-refractivity contribution < 1.29 is 9.59 Å². The van der Waals surface area contributed by atoms with Gasteiger partial charge < -0.3 is 9.80 Å². The predicted molar refractivity (Wildman–Crippen MR) is 105 cm³/mol. The summed E-state index contributed by atoms with van der Waals surface area (Å²) in [6.45, 7) is 3.11. The second-order valence-corrected chi connectivity index (χ2v) is 6.81. The van der Waals surface area contributed by atoms with Gasteiger partial charge in [0.2, 0.25) is 11.8 Å². The summed E-state index contributed by atoms with van der Waals surface area (Å²) >= 11 is 6.00. The van der Waals surface area contributed by atoms with Crippen molar-refractivity contribution in [3.8, 4) is 0 Å². The van der Waals surface area contributed by atoms with E-state index in [-0.39, 0.29) is 11.8 Å². The van der Waals surface area contributed by atoms with Crippen molar-refractivity contribution in [2.75, 3.05) is 20.1 Å². The highest BCUT2D eigenvalue weighted by Gasteiger charge is 2.14. The molecule has 0 radical (unpaired) electrons. The maximum atomic E-state index is 12.4. The fourth-order valence-corrected chi connectivity index (χ4v) is 2.96. The Labute approximate surface area is 160 Å². The molecule has 2 aromatic rings. The van der Waals surface area contributed by atoms with E-state index in [1.165, 1.54) is 6.92 Å². The molecular formula is C21H25ClN2O2. The Bertz CT molecular complexity index is 734. The van der Waals surface area contributed by atoms with E-state index in [1.807, 2.05) is 54.6 Å². The molecule has 138 valence electrons. The van der Waals surface area contributed by atoms with Crippen LogP contribution in [0.5, 0.6) is 0 Å². The Kier molecular flexibility index (Phi) is 7.67. The second kappa shape index (κ2) is 9.97. The van der Waals surface area contributed by atoms with Gasteiger partial charge in [-0.25, -0.2) is 0 Å². The lowest BCUT2D eigenvalue weighted by Gasteiger charge is -2.23. The fraction of sp³-hybridized carbons (Fsp3) is 0.333. The number of carbonyl (C=O) groups excluding carboxylic acids is 2. The zero-order chi connectivity index (χ0) is 18.9. The van der Waals surface area contributed by atoms with E-state index in [2.05, 4.69) is 0 Å². The first-order valence-corrected chi connectivity index (χ1v) is 9.11. The minimum absolute atomic E-state index is 0.0226. The summed E-state index contributed by atoms with van der Waals surface area (Å²) in [7, 11) is 1.79. The van der Waals surface area contributed by atoms with Crippen molar-refractivity contribution in [3.63, 3.8) is 0 Å². The van der Waals surface area contributed by atoms with Crippen LogP contribution in [0.4, 0.5) is 0 Å². The van der Waals surface area contributed by atoms with Gasteiger partial charge in [0.15, 0.2) is 0 Å². The van der Waals surface area contributed by atoms with Crippen LogP contribution in [0.25, 0.3) is 0 Å². The van der Waals surface area contributed by atoms with E-state index in [4.69, 9.17) is 11.6 Å². The lowest BCUT2D eigenvalue weighted by Crippen LogP contribution is -2.35. The molecule has 0 heterocycles. The maximum absolute atomic E-state index is 12.4. The summed E-state index contributed by atoms with van der Waals surface area (Å²) in [5.74, 6) is 0.00778. The molecule has 26 heavy (non-hydrogen) atoms. The van der Waals surface area contributed by atoms with Gasteiger partial charge in [0.25, 0.3) is 0 Å². The number of amides is 2. The smallest absolute Gasteiger partial charge is 0.224 e. The number of rotatable bonds is 8. The van der Waals surface area contributed by atoms with E-state index in [1.54, 1.807) is 16.8 Å². The normalized spacial score (nSPS) is 10.4. The summed E-state index contributed by atoms with van der Waals surface area (Å²) in [6.07, 6.45) is 1.03. The third kappa shape index (κ3) is 6.52. The molecule has 0 saturated carbocycles. The van der Waals surface area contributed by atoms with Crippen molar-refractivity contribution in [2.45, 2.75) is 26.3 Å². The second-order valence-electron chi connectivity index (χ2n) is 6.37. The molecule has 0 aliphatic carbocycles. The highest BCUT2D eigenvalue weighted by molar-refractivity contribution is 6.30. The average Bonchev–Trinajstić information content (AvgIpc) is 2.62. The molecule has 0 spiro atoms. The Hall–Kier alpha value is -2.33. The van der Waals surface area contributed by atoms with Gasteiger partial charge >= 0.3 is 0 Å². The highest BCUT2D eigenvalue weighted by atomic mass is 35.5. The van der Waals surface area contributed by atoms with Crippen molar-refractivity contribution in [2.24, 2.45) is 0 Å². The van der Waals surface area contributed by atoms with Crippen LogP contribution < -0.4 is 0 Å². The summed E-state index contributed by atoms with van der Waals surface area (Å²) in [6, 6.07) is 17.5. The van der Waals surface area contributed by atoms with Crippen molar-refractivity contribution in [1.29, 1.82) is 0 Å². The highest BCUT2D eigenvalue weighted by Crippen LogP contribution is 2.12. The van der Waals surface area contributed by atoms with Crippen LogP contribution in [0, 0.1) is 0 Å². The zero-order valence-corrected chi connectivity index (χ0v) is 16.1. The maximum Gasteiger partial charge on any atom is 0.224 e. The molecule has 0 aliphatic rings. The Balaban J connectivity index is 1.83. The van der Waals surface area contributed by atoms with Gasteiger partial charge in [0.05, 0.1) is 0 Å². The van der Waals surface area contributed by atoms with Crippen molar-refractivity contribution in [1.82, 2.24) is 9.80 Å². The van der Waals surface area contributed by atoms with E-state index < -0.39 is 0 Å². The van der Waals surface area contributed by atoms with Gasteiger partial charge in [-0.2, -0.15) is 0 Å². The molecule has 2 rings (SSSR count). The lowest BCUT2D eigenvalue weighted by molar-refractivity contribution is -0.133. The van der Waals surface area contributed by atoms with E-state index in [9.17, 15) is 9.59 Å². The van der Waals surface area contributed by atoms with Crippen LogP contribution >= 0.6 is 11.6 Å². The monoisotopic (exact) mass is 372 g/mol. The molecule has 0 aliphatic heterocycles. The molecule has 5 heteroatoms. The van der Waals surface area contributed by atoms with Gasteiger partial charge in [-0.1, -0.05) is 54.1 Å². The molecule has 0 atom stereocenters. The van der Waals surface area contributed by atoms with Crippen molar-refractivity contribution in [3.05, 3.63) is 70.7 Å². The average molecular weight is 373 g/mol. The van der Waals surface area contributed by atoms with Crippen LogP contribution in [0.3, 0.4) is 0 Å². The van der Waals surface area contributed by atoms with Crippen LogP contribution in [-0.4, -0.2) is 41.8 Å². The largest absolute Gasteiger partial charge is 0.342 e. The lowest BCUT2D eigenvalue weighted by atomic mass is 10.1. The molecule has 0 bridgehead atoms. The number of halogens is 1. The first-order valence-electron chi connectivity index (χ1n) is 8.73. The molecular weight excluding hydrogens is 348 g/mol. The molecule has 0 fully saturated rings. The minimum Gasteiger partial charge on any atom is -0.342 e. The zero-order valence-electron chi connectivity index (χ0n) is 15.3. The fourth-order valence-electron chi connectivity index (χ4n) is 2.75. The minimum atomic E-state index is -0.0226. The standard InChI is InChI=1S/C21H25ClN2O2/c1-17(25)24(13-11-18-9-6-10-20(22)15-18)14-12-21(26)23(2)16-19-7-4-3-5-8-19/h3-10,15H,11-14,16H2,1-2H3. The summed E-state index contributed by atoms with van der Waals surface area (Å²) in [5.41, 5.74) is 2.17. The summed E-state index contributed by atoms with van der Waals surface area (Å²) in [5, 5.41) is 0.689. The Morgan fingerprint density at radius 3 is 2.31 bits per heavy atom. The van der Waals surface area contributed by atoms with Gasteiger partial charge in [-0.3, -0.25) is 9.59 Å². The molecule has 0 aromatic heterocycles. The topological polar surface area (TPSA) is 40.6 Å². The molecule has 2 amide bonds. The van der Waals surface area contributed by atoms with Gasteiger partial charge in [-0.15, -0.1) is 0 Å². The van der Waals surface area contributed by atoms with Gasteiger partial charge in [0.1, 0.15) is 0 Å². The summed E-state index contributed by atoms with van der Waals surface area (Å²) in [4.78, 5) is 27.7. The molecule has 2 aromatic carbocycles. The quantitative estimate of drug-likeness (QED) is 0.707. The number of hydrogen-bond acceptors (Lipinski definition) is 2. The molecule has 0 N–H and O–H groups in total. The molecule has 0 unspecified atom stereocenters. The number of benzene rings is 2. The first-order chi connectivity index (χ1) is 12.5. The van der Waals surface area contributed by atoms with Crippen molar-refractivity contribution >= 4 is 23.4 Å². The van der Waals surface area contributed by atoms with Gasteiger partial charge in [0, 0.05) is 45.0 Å².